The molecule has 0 aliphatic rings. The number of carbonyl (C=O) groups is 4. The molecule has 0 aliphatic carbocycles. The number of rotatable bonds is 0. The van der Waals surface area contributed by atoms with E-state index in [2.05, 4.69) is 23.2 Å². The van der Waals surface area contributed by atoms with Gasteiger partial charge < -0.3 is 25.4 Å². The van der Waals surface area contributed by atoms with Crippen molar-refractivity contribution in [3.05, 3.63) is 36.5 Å². The number of hydrogen-bond acceptors (Lipinski definition) is 4. The van der Waals surface area contributed by atoms with Crippen LogP contribution in [0.3, 0.4) is 0 Å². The Morgan fingerprint density at radius 3 is 1.52 bits per heavy atom. The summed E-state index contributed by atoms with van der Waals surface area (Å²) in [5.74, 6) is -7.30. The SMILES string of the molecule is O=C(O)C(=O)O.O=C(O)C(=O)O.c1ccc2[nH]ccc2c1. The first kappa shape index (κ1) is 17.6. The number of fused-ring (bicyclic) bond motifs is 1. The van der Waals surface area contributed by atoms with Crippen LogP contribution in [0, 0.1) is 0 Å². The van der Waals surface area contributed by atoms with Crippen LogP contribution in [0.4, 0.5) is 0 Å². The molecule has 0 spiro atoms. The molecular weight excluding hydrogens is 286 g/mol. The molecule has 0 amide bonds. The highest BCUT2D eigenvalue weighted by atomic mass is 16.4. The van der Waals surface area contributed by atoms with E-state index in [1.54, 1.807) is 0 Å². The van der Waals surface area contributed by atoms with E-state index in [4.69, 9.17) is 39.6 Å². The number of benzene rings is 1. The molecule has 1 aromatic heterocycles. The number of aromatic amines is 1. The zero-order valence-electron chi connectivity index (χ0n) is 10.4. The van der Waals surface area contributed by atoms with Crippen LogP contribution in [0.1, 0.15) is 0 Å². The third kappa shape index (κ3) is 7.62. The molecule has 112 valence electrons. The van der Waals surface area contributed by atoms with Gasteiger partial charge in [0.05, 0.1) is 0 Å². The molecule has 2 rings (SSSR count). The van der Waals surface area contributed by atoms with E-state index in [9.17, 15) is 0 Å². The summed E-state index contributed by atoms with van der Waals surface area (Å²) in [6, 6.07) is 10.3. The topological polar surface area (TPSA) is 165 Å². The van der Waals surface area contributed by atoms with Crippen LogP contribution < -0.4 is 0 Å². The summed E-state index contributed by atoms with van der Waals surface area (Å²) in [6.45, 7) is 0. The molecule has 0 atom stereocenters. The maximum absolute atomic E-state index is 9.10. The molecule has 2 aromatic rings. The van der Waals surface area contributed by atoms with Crippen molar-refractivity contribution >= 4 is 34.8 Å². The van der Waals surface area contributed by atoms with Crippen LogP contribution in [-0.4, -0.2) is 49.3 Å². The minimum Gasteiger partial charge on any atom is -0.473 e. The average molecular weight is 297 g/mol. The molecule has 1 heterocycles. The molecule has 0 bridgehead atoms. The molecule has 0 radical (unpaired) electrons. The van der Waals surface area contributed by atoms with E-state index in [-0.39, 0.29) is 0 Å². The van der Waals surface area contributed by atoms with E-state index in [1.807, 2.05) is 18.3 Å². The third-order valence-electron chi connectivity index (χ3n) is 1.83. The Hall–Kier alpha value is -3.36. The standard InChI is InChI=1S/C8H7N.2C2H2O4/c1-2-4-8-7(3-1)5-6-9-8;2*3-1(4)2(5)6/h1-6,9H;2*(H,3,4)(H,5,6). The van der Waals surface area contributed by atoms with Crippen molar-refractivity contribution in [3.8, 4) is 0 Å². The van der Waals surface area contributed by atoms with Crippen LogP contribution in [0.2, 0.25) is 0 Å². The first-order valence-corrected chi connectivity index (χ1v) is 5.20. The van der Waals surface area contributed by atoms with Gasteiger partial charge >= 0.3 is 23.9 Å². The Labute approximate surface area is 117 Å². The number of para-hydroxylation sites is 1. The monoisotopic (exact) mass is 297 g/mol. The first-order chi connectivity index (χ1) is 9.75. The number of hydrogen-bond donors (Lipinski definition) is 5. The third-order valence-corrected chi connectivity index (χ3v) is 1.83. The second-order valence-electron chi connectivity index (χ2n) is 3.29. The van der Waals surface area contributed by atoms with Gasteiger partial charge in [0, 0.05) is 11.7 Å². The van der Waals surface area contributed by atoms with E-state index in [1.165, 1.54) is 10.9 Å². The second kappa shape index (κ2) is 8.69. The highest BCUT2D eigenvalue weighted by Gasteiger charge is 2.04. The second-order valence-corrected chi connectivity index (χ2v) is 3.29. The average Bonchev–Trinajstić information content (AvgIpc) is 2.88. The summed E-state index contributed by atoms with van der Waals surface area (Å²) in [4.78, 5) is 39.5. The minimum atomic E-state index is -1.82. The maximum atomic E-state index is 9.10. The fourth-order valence-corrected chi connectivity index (χ4v) is 0.995. The molecule has 5 N–H and O–H groups in total. The lowest BCUT2D eigenvalue weighted by molar-refractivity contribution is -0.159. The van der Waals surface area contributed by atoms with Crippen molar-refractivity contribution in [3.63, 3.8) is 0 Å². The zero-order chi connectivity index (χ0) is 16.4. The predicted octanol–water partition coefficient (Wildman–Crippen LogP) is 0.479. The van der Waals surface area contributed by atoms with Gasteiger partial charge in [0.2, 0.25) is 0 Å². The fraction of sp³-hybridized carbons (Fsp3) is 0. The number of aromatic nitrogens is 1. The van der Waals surface area contributed by atoms with E-state index >= 15 is 0 Å². The summed E-state index contributed by atoms with van der Waals surface area (Å²) >= 11 is 0. The Morgan fingerprint density at radius 1 is 0.714 bits per heavy atom. The normalized spacial score (nSPS) is 8.57. The van der Waals surface area contributed by atoms with Gasteiger partial charge in [0.1, 0.15) is 0 Å². The Bertz CT molecular complexity index is 567. The predicted molar refractivity (Wildman–Crippen MR) is 68.8 cm³/mol. The molecule has 21 heavy (non-hydrogen) atoms. The summed E-state index contributed by atoms with van der Waals surface area (Å²) in [7, 11) is 0. The summed E-state index contributed by atoms with van der Waals surface area (Å²) < 4.78 is 0. The number of carboxylic acids is 4. The lowest BCUT2D eigenvalue weighted by atomic mass is 10.3. The minimum absolute atomic E-state index is 1.21. The van der Waals surface area contributed by atoms with Crippen LogP contribution >= 0.6 is 0 Å². The number of carboxylic acid groups (broad SMARTS) is 4. The molecule has 9 heteroatoms. The molecular formula is C12H11NO8. The molecule has 1 aromatic carbocycles. The lowest BCUT2D eigenvalue weighted by Gasteiger charge is -1.83. The van der Waals surface area contributed by atoms with Gasteiger partial charge in [0.15, 0.2) is 0 Å². The maximum Gasteiger partial charge on any atom is 0.414 e. The summed E-state index contributed by atoms with van der Waals surface area (Å²) in [5.41, 5.74) is 1.21. The van der Waals surface area contributed by atoms with Gasteiger partial charge in [-0.15, -0.1) is 0 Å². The van der Waals surface area contributed by atoms with Crippen molar-refractivity contribution in [2.75, 3.05) is 0 Å². The summed E-state index contributed by atoms with van der Waals surface area (Å²) in [6.07, 6.45) is 1.95. The van der Waals surface area contributed by atoms with Gasteiger partial charge in [-0.25, -0.2) is 19.2 Å². The van der Waals surface area contributed by atoms with Crippen LogP contribution in [-0.2, 0) is 19.2 Å². The van der Waals surface area contributed by atoms with Crippen LogP contribution in [0.5, 0.6) is 0 Å². The molecule has 0 aliphatic heterocycles. The highest BCUT2D eigenvalue weighted by molar-refractivity contribution is 6.27. The zero-order valence-corrected chi connectivity index (χ0v) is 10.4. The number of H-pyrrole nitrogens is 1. The smallest absolute Gasteiger partial charge is 0.414 e. The van der Waals surface area contributed by atoms with Crippen molar-refractivity contribution in [1.29, 1.82) is 0 Å². The number of nitrogens with one attached hydrogen (secondary N) is 1. The molecule has 0 fully saturated rings. The van der Waals surface area contributed by atoms with E-state index in [0.29, 0.717) is 0 Å². The Kier molecular flexibility index (Phi) is 7.30. The molecule has 0 saturated carbocycles. The highest BCUT2D eigenvalue weighted by Crippen LogP contribution is 2.09. The van der Waals surface area contributed by atoms with Gasteiger partial charge in [-0.1, -0.05) is 18.2 Å². The largest absolute Gasteiger partial charge is 0.473 e. The van der Waals surface area contributed by atoms with Crippen molar-refractivity contribution in [1.82, 2.24) is 4.98 Å². The fourth-order valence-electron chi connectivity index (χ4n) is 0.995. The first-order valence-electron chi connectivity index (χ1n) is 5.20. The number of aliphatic carboxylic acids is 4. The Morgan fingerprint density at radius 2 is 1.14 bits per heavy atom. The lowest BCUT2D eigenvalue weighted by Crippen LogP contribution is -2.09. The van der Waals surface area contributed by atoms with Crippen LogP contribution in [0.25, 0.3) is 10.9 Å². The van der Waals surface area contributed by atoms with Gasteiger partial charge in [-0.2, -0.15) is 0 Å². The Balaban J connectivity index is 0.000000300. The van der Waals surface area contributed by atoms with E-state index < -0.39 is 23.9 Å². The van der Waals surface area contributed by atoms with Gasteiger partial charge in [0.25, 0.3) is 0 Å². The van der Waals surface area contributed by atoms with E-state index in [0.717, 1.165) is 0 Å². The molecule has 9 nitrogen and oxygen atoms in total. The van der Waals surface area contributed by atoms with Crippen molar-refractivity contribution < 1.29 is 39.6 Å². The quantitative estimate of drug-likeness (QED) is 0.438. The van der Waals surface area contributed by atoms with Crippen LogP contribution in [0.15, 0.2) is 36.5 Å². The molecule has 0 saturated heterocycles. The van der Waals surface area contributed by atoms with Gasteiger partial charge in [-0.05, 0) is 17.5 Å². The molecule has 0 unspecified atom stereocenters. The van der Waals surface area contributed by atoms with Crippen molar-refractivity contribution in [2.24, 2.45) is 0 Å². The van der Waals surface area contributed by atoms with Crippen molar-refractivity contribution in [2.45, 2.75) is 0 Å². The summed E-state index contributed by atoms with van der Waals surface area (Å²) in [5, 5.41) is 30.8. The van der Waals surface area contributed by atoms with Gasteiger partial charge in [-0.3, -0.25) is 0 Å².